The summed E-state index contributed by atoms with van der Waals surface area (Å²) in [6.45, 7) is 0. The number of aromatic nitrogens is 2. The lowest BCUT2D eigenvalue weighted by Gasteiger charge is -2.19. The van der Waals surface area contributed by atoms with Crippen LogP contribution in [-0.4, -0.2) is 49.8 Å². The summed E-state index contributed by atoms with van der Waals surface area (Å²) >= 11 is 6.95. The van der Waals surface area contributed by atoms with Crippen LogP contribution in [0.25, 0.3) is 0 Å². The third kappa shape index (κ3) is 2.50. The maximum absolute atomic E-state index is 12.0. The van der Waals surface area contributed by atoms with Gasteiger partial charge in [-0.25, -0.2) is 4.79 Å². The highest BCUT2D eigenvalue weighted by molar-refractivity contribution is 7.99. The highest BCUT2D eigenvalue weighted by Crippen LogP contribution is 2.22. The lowest BCUT2D eigenvalue weighted by Crippen LogP contribution is -2.42. The number of carbonyl (C=O) groups is 2. The molecule has 1 aliphatic rings. The molecule has 0 radical (unpaired) electrons. The summed E-state index contributed by atoms with van der Waals surface area (Å²) in [4.78, 5) is 24.2. The first-order chi connectivity index (χ1) is 8.09. The van der Waals surface area contributed by atoms with Gasteiger partial charge in [-0.15, -0.1) is 22.0 Å². The Bertz CT molecular complexity index is 453. The van der Waals surface area contributed by atoms with E-state index in [-0.39, 0.29) is 10.8 Å². The fourth-order valence-corrected chi connectivity index (χ4v) is 2.67. The summed E-state index contributed by atoms with van der Waals surface area (Å²) in [6.07, 6.45) is 0. The van der Waals surface area contributed by atoms with Gasteiger partial charge in [-0.1, -0.05) is 11.6 Å². The molecule has 1 N–H and O–H groups in total. The third-order valence-corrected chi connectivity index (χ3v) is 3.49. The second-order valence-corrected chi connectivity index (χ2v) is 4.76. The van der Waals surface area contributed by atoms with Crippen molar-refractivity contribution in [1.29, 1.82) is 0 Å². The van der Waals surface area contributed by atoms with Crippen LogP contribution in [0.4, 0.5) is 0 Å². The zero-order chi connectivity index (χ0) is 12.4. The molecule has 0 aliphatic carbocycles. The monoisotopic (exact) mass is 273 g/mol. The minimum Gasteiger partial charge on any atom is -0.480 e. The van der Waals surface area contributed by atoms with Crippen LogP contribution in [-0.2, 0) is 4.79 Å². The Morgan fingerprint density at radius 2 is 2.24 bits per heavy atom. The molecule has 0 saturated carbocycles. The number of carboxylic acid groups (broad SMARTS) is 1. The van der Waals surface area contributed by atoms with Crippen molar-refractivity contribution < 1.29 is 14.7 Å². The van der Waals surface area contributed by atoms with Gasteiger partial charge >= 0.3 is 5.97 Å². The Balaban J connectivity index is 2.19. The predicted molar refractivity (Wildman–Crippen MR) is 62.0 cm³/mol. The van der Waals surface area contributed by atoms with E-state index in [0.29, 0.717) is 11.6 Å². The van der Waals surface area contributed by atoms with Crippen LogP contribution < -0.4 is 0 Å². The van der Waals surface area contributed by atoms with Crippen molar-refractivity contribution in [3.8, 4) is 0 Å². The number of hydrogen-bond donors (Lipinski definition) is 1. The van der Waals surface area contributed by atoms with Crippen molar-refractivity contribution in [2.45, 2.75) is 6.04 Å². The summed E-state index contributed by atoms with van der Waals surface area (Å²) in [5, 5.41) is 16.3. The van der Waals surface area contributed by atoms with E-state index in [1.807, 2.05) is 0 Å². The molecule has 2 rings (SSSR count). The second-order valence-electron chi connectivity index (χ2n) is 3.37. The minimum absolute atomic E-state index is 0.100. The number of thioether (sulfide) groups is 1. The molecule has 90 valence electrons. The summed E-state index contributed by atoms with van der Waals surface area (Å²) in [5.74, 6) is -0.709. The Labute approximate surface area is 106 Å². The molecule has 1 fully saturated rings. The molecule has 1 amide bonds. The smallest absolute Gasteiger partial charge is 0.327 e. The molecule has 17 heavy (non-hydrogen) atoms. The lowest BCUT2D eigenvalue weighted by molar-refractivity contribution is -0.140. The number of rotatable bonds is 2. The average Bonchev–Trinajstić information content (AvgIpc) is 2.78. The first-order valence-corrected chi connectivity index (χ1v) is 6.23. The normalized spacial score (nSPS) is 19.4. The molecule has 0 bridgehead atoms. The molecule has 1 unspecified atom stereocenters. The predicted octanol–water partition coefficient (Wildman–Crippen LogP) is 0.730. The molecule has 1 atom stereocenters. The van der Waals surface area contributed by atoms with Crippen LogP contribution in [0.1, 0.15) is 10.5 Å². The van der Waals surface area contributed by atoms with Crippen molar-refractivity contribution in [3.63, 3.8) is 0 Å². The number of nitrogens with zero attached hydrogens (tertiary/aromatic N) is 3. The van der Waals surface area contributed by atoms with Gasteiger partial charge in [0, 0.05) is 5.75 Å². The Morgan fingerprint density at radius 3 is 2.82 bits per heavy atom. The summed E-state index contributed by atoms with van der Waals surface area (Å²) in [5.41, 5.74) is 0.100. The highest BCUT2D eigenvalue weighted by atomic mass is 35.5. The molecule has 0 aromatic carbocycles. The molecule has 6 nitrogen and oxygen atoms in total. The van der Waals surface area contributed by atoms with Gasteiger partial charge in [-0.05, 0) is 12.1 Å². The number of amides is 1. The zero-order valence-electron chi connectivity index (χ0n) is 8.54. The van der Waals surface area contributed by atoms with Crippen LogP contribution >= 0.6 is 23.4 Å². The van der Waals surface area contributed by atoms with Gasteiger partial charge in [0.2, 0.25) is 0 Å². The van der Waals surface area contributed by atoms with E-state index in [9.17, 15) is 9.59 Å². The molecule has 1 saturated heterocycles. The van der Waals surface area contributed by atoms with Crippen LogP contribution in [0.15, 0.2) is 12.1 Å². The van der Waals surface area contributed by atoms with Gasteiger partial charge in [-0.2, -0.15) is 0 Å². The molecule has 2 heterocycles. The number of carbonyl (C=O) groups excluding carboxylic acids is 1. The van der Waals surface area contributed by atoms with E-state index in [4.69, 9.17) is 16.7 Å². The van der Waals surface area contributed by atoms with E-state index in [1.165, 1.54) is 28.8 Å². The average molecular weight is 274 g/mol. The third-order valence-electron chi connectivity index (χ3n) is 2.28. The Hall–Kier alpha value is -1.34. The Morgan fingerprint density at radius 1 is 1.47 bits per heavy atom. The highest BCUT2D eigenvalue weighted by Gasteiger charge is 2.35. The number of hydrogen-bond acceptors (Lipinski definition) is 5. The van der Waals surface area contributed by atoms with Crippen molar-refractivity contribution >= 4 is 35.2 Å². The molecule has 1 aliphatic heterocycles. The topological polar surface area (TPSA) is 83.4 Å². The standard InChI is InChI=1S/C9H8ClN3O3S/c10-7-2-1-5(11-12-7)8(14)13-4-17-3-6(13)9(15)16/h1-2,6H,3-4H2,(H,15,16). The van der Waals surface area contributed by atoms with Crippen molar-refractivity contribution in [2.75, 3.05) is 11.6 Å². The molecule has 0 spiro atoms. The Kier molecular flexibility index (Phi) is 3.49. The summed E-state index contributed by atoms with van der Waals surface area (Å²) in [7, 11) is 0. The fraction of sp³-hybridized carbons (Fsp3) is 0.333. The van der Waals surface area contributed by atoms with Gasteiger partial charge in [-0.3, -0.25) is 4.79 Å². The molecule has 1 aromatic rings. The van der Waals surface area contributed by atoms with Crippen LogP contribution in [0.5, 0.6) is 0 Å². The van der Waals surface area contributed by atoms with Crippen molar-refractivity contribution in [2.24, 2.45) is 0 Å². The van der Waals surface area contributed by atoms with Gasteiger partial charge in [0.05, 0.1) is 5.88 Å². The van der Waals surface area contributed by atoms with Crippen LogP contribution in [0.3, 0.4) is 0 Å². The minimum atomic E-state index is -1.01. The number of halogens is 1. The van der Waals surface area contributed by atoms with E-state index >= 15 is 0 Å². The largest absolute Gasteiger partial charge is 0.480 e. The molecular weight excluding hydrogens is 266 g/mol. The van der Waals surface area contributed by atoms with Gasteiger partial charge in [0.25, 0.3) is 5.91 Å². The number of carboxylic acids is 1. The van der Waals surface area contributed by atoms with Gasteiger partial charge < -0.3 is 10.0 Å². The van der Waals surface area contributed by atoms with Crippen molar-refractivity contribution in [3.05, 3.63) is 23.0 Å². The fourth-order valence-electron chi connectivity index (χ4n) is 1.42. The van der Waals surface area contributed by atoms with E-state index < -0.39 is 17.9 Å². The molecular formula is C9H8ClN3O3S. The quantitative estimate of drug-likeness (QED) is 0.855. The van der Waals surface area contributed by atoms with Gasteiger partial charge in [0.1, 0.15) is 6.04 Å². The van der Waals surface area contributed by atoms with Gasteiger partial charge in [0.15, 0.2) is 10.8 Å². The van der Waals surface area contributed by atoms with Crippen LogP contribution in [0, 0.1) is 0 Å². The van der Waals surface area contributed by atoms with Crippen LogP contribution in [0.2, 0.25) is 5.15 Å². The lowest BCUT2D eigenvalue weighted by atomic mass is 10.2. The van der Waals surface area contributed by atoms with Crippen molar-refractivity contribution in [1.82, 2.24) is 15.1 Å². The van der Waals surface area contributed by atoms with E-state index in [2.05, 4.69) is 10.2 Å². The zero-order valence-corrected chi connectivity index (χ0v) is 10.1. The first-order valence-electron chi connectivity index (χ1n) is 4.70. The second kappa shape index (κ2) is 4.89. The first kappa shape index (κ1) is 12.1. The molecule has 8 heteroatoms. The van der Waals surface area contributed by atoms with E-state index in [1.54, 1.807) is 0 Å². The summed E-state index contributed by atoms with van der Waals surface area (Å²) in [6, 6.07) is 2.07. The number of aliphatic carboxylic acids is 1. The molecule has 1 aromatic heterocycles. The summed E-state index contributed by atoms with van der Waals surface area (Å²) < 4.78 is 0. The maximum Gasteiger partial charge on any atom is 0.327 e. The maximum atomic E-state index is 12.0. The van der Waals surface area contributed by atoms with E-state index in [0.717, 1.165) is 0 Å². The SMILES string of the molecule is O=C(O)C1CSCN1C(=O)c1ccc(Cl)nn1.